The number of carboxylic acid groups (broad SMARTS) is 1. The van der Waals surface area contributed by atoms with Gasteiger partial charge in [0, 0.05) is 0 Å². The van der Waals surface area contributed by atoms with Crippen molar-refractivity contribution in [2.75, 3.05) is 0 Å². The molecule has 5 saturated carbocycles. The Hall–Kier alpha value is -0.100. The van der Waals surface area contributed by atoms with Crippen LogP contribution in [0, 0.1) is 56.7 Å². The molecular formula is C30H47IO3. The van der Waals surface area contributed by atoms with Crippen molar-refractivity contribution in [3.63, 3.8) is 0 Å². The zero-order valence-corrected chi connectivity index (χ0v) is 24.5. The SMILES string of the molecule is C=C(C)[C@@H]1CC[C@]2(C(=O)O)CC[C@]3(C)[C@H](CC[C@@H]4[C@@]5(C)CC[C@H](OI)C(C)(C)[C@@H]5CC[C@]43C)[C@@H]12. The van der Waals surface area contributed by atoms with Crippen LogP contribution in [-0.4, -0.2) is 17.2 Å². The van der Waals surface area contributed by atoms with Crippen molar-refractivity contribution in [3.8, 4) is 0 Å². The first-order valence-corrected chi connectivity index (χ1v) is 14.8. The highest BCUT2D eigenvalue weighted by atomic mass is 127. The standard InChI is InChI=1S/C30H47IO3/c1-18(2)19-10-15-30(25(32)33)17-16-28(6)20(24(19)30)8-9-22-27(5)13-12-23(34-31)26(3,4)21(27)11-14-29(22,28)7/h19-24H,1,8-17H2,2-7H3,(H,32,33)/t19-,20+,21-,22+,23-,24+,27-,28+,29+,30-/m0/s1. The van der Waals surface area contributed by atoms with Gasteiger partial charge in [0.25, 0.3) is 0 Å². The van der Waals surface area contributed by atoms with Crippen LogP contribution in [0.3, 0.4) is 0 Å². The summed E-state index contributed by atoms with van der Waals surface area (Å²) in [7, 11) is 0. The van der Waals surface area contributed by atoms with E-state index in [9.17, 15) is 9.90 Å². The normalized spacial score (nSPS) is 53.7. The molecule has 1 N–H and O–H groups in total. The average Bonchev–Trinajstić information content (AvgIpc) is 3.15. The van der Waals surface area contributed by atoms with Crippen LogP contribution in [0.1, 0.15) is 106 Å². The van der Waals surface area contributed by atoms with Crippen molar-refractivity contribution in [3.05, 3.63) is 12.2 Å². The van der Waals surface area contributed by atoms with E-state index >= 15 is 0 Å². The minimum Gasteiger partial charge on any atom is -0.481 e. The van der Waals surface area contributed by atoms with Gasteiger partial charge < -0.3 is 8.17 Å². The monoisotopic (exact) mass is 582 g/mol. The molecule has 34 heavy (non-hydrogen) atoms. The smallest absolute Gasteiger partial charge is 0.309 e. The number of hydrogen-bond donors (Lipinski definition) is 1. The summed E-state index contributed by atoms with van der Waals surface area (Å²) in [5.74, 6) is 2.04. The van der Waals surface area contributed by atoms with Gasteiger partial charge in [-0.2, -0.15) is 0 Å². The van der Waals surface area contributed by atoms with Crippen LogP contribution in [0.4, 0.5) is 0 Å². The number of rotatable bonds is 3. The lowest BCUT2D eigenvalue weighted by molar-refractivity contribution is -0.245. The Balaban J connectivity index is 1.55. The van der Waals surface area contributed by atoms with Gasteiger partial charge in [-0.05, 0) is 122 Å². The van der Waals surface area contributed by atoms with E-state index in [2.05, 4.69) is 71.1 Å². The molecule has 10 atom stereocenters. The number of carbonyl (C=O) groups is 1. The molecule has 0 bridgehead atoms. The Morgan fingerprint density at radius 3 is 2.21 bits per heavy atom. The maximum Gasteiger partial charge on any atom is 0.309 e. The van der Waals surface area contributed by atoms with Crippen LogP contribution in [-0.2, 0) is 7.86 Å². The molecule has 0 unspecified atom stereocenters. The Kier molecular flexibility index (Phi) is 5.97. The summed E-state index contributed by atoms with van der Waals surface area (Å²) < 4.78 is 5.99. The molecular weight excluding hydrogens is 535 g/mol. The first-order chi connectivity index (χ1) is 15.8. The third-order valence-electron chi connectivity index (χ3n) is 13.5. The Labute approximate surface area is 221 Å². The highest BCUT2D eigenvalue weighted by molar-refractivity contribution is 14.1. The first-order valence-electron chi connectivity index (χ1n) is 14.0. The molecule has 0 aliphatic heterocycles. The fraction of sp³-hybridized carbons (Fsp3) is 0.900. The Morgan fingerprint density at radius 2 is 1.59 bits per heavy atom. The number of carboxylic acids is 1. The minimum atomic E-state index is -0.523. The number of hydrogen-bond acceptors (Lipinski definition) is 2. The molecule has 0 radical (unpaired) electrons. The summed E-state index contributed by atoms with van der Waals surface area (Å²) in [6, 6.07) is 0. The number of halogens is 1. The predicted octanol–water partition coefficient (Wildman–Crippen LogP) is 8.46. The van der Waals surface area contributed by atoms with Gasteiger partial charge in [-0.3, -0.25) is 4.79 Å². The van der Waals surface area contributed by atoms with Crippen LogP contribution in [0.25, 0.3) is 0 Å². The molecule has 0 heterocycles. The van der Waals surface area contributed by atoms with Gasteiger partial charge in [-0.1, -0.05) is 46.8 Å². The maximum atomic E-state index is 12.8. The third-order valence-corrected chi connectivity index (χ3v) is 14.2. The molecule has 0 saturated heterocycles. The van der Waals surface area contributed by atoms with Crippen molar-refractivity contribution in [1.29, 1.82) is 0 Å². The van der Waals surface area contributed by atoms with Gasteiger partial charge in [0.05, 0.1) is 11.5 Å². The summed E-state index contributed by atoms with van der Waals surface area (Å²) in [5, 5.41) is 10.5. The van der Waals surface area contributed by atoms with E-state index in [1.807, 2.05) is 0 Å². The van der Waals surface area contributed by atoms with E-state index in [1.54, 1.807) is 0 Å². The van der Waals surface area contributed by atoms with Gasteiger partial charge >= 0.3 is 5.97 Å². The van der Waals surface area contributed by atoms with Crippen molar-refractivity contribution >= 4 is 29.0 Å². The lowest BCUT2D eigenvalue weighted by atomic mass is 9.32. The quantitative estimate of drug-likeness (QED) is 0.268. The average molecular weight is 583 g/mol. The number of fused-ring (bicyclic) bond motifs is 7. The second kappa shape index (κ2) is 7.95. The molecule has 5 fully saturated rings. The van der Waals surface area contributed by atoms with Crippen molar-refractivity contribution in [2.45, 2.75) is 112 Å². The van der Waals surface area contributed by atoms with E-state index in [1.165, 1.54) is 37.7 Å². The molecule has 0 aromatic heterocycles. The zero-order chi connectivity index (χ0) is 24.9. The second-order valence-corrected chi connectivity index (χ2v) is 15.1. The lowest BCUT2D eigenvalue weighted by Crippen LogP contribution is -2.67. The van der Waals surface area contributed by atoms with Crippen molar-refractivity contribution in [1.82, 2.24) is 0 Å². The molecule has 5 rings (SSSR count). The van der Waals surface area contributed by atoms with Crippen LogP contribution >= 0.6 is 23.0 Å². The minimum absolute atomic E-state index is 0.203. The number of aliphatic carboxylic acids is 1. The fourth-order valence-electron chi connectivity index (χ4n) is 11.6. The highest BCUT2D eigenvalue weighted by Gasteiger charge is 2.72. The third kappa shape index (κ3) is 2.99. The molecule has 5 aliphatic rings. The van der Waals surface area contributed by atoms with Crippen LogP contribution in [0.5, 0.6) is 0 Å². The Bertz CT molecular complexity index is 882. The van der Waals surface area contributed by atoms with Crippen molar-refractivity contribution < 1.29 is 13.0 Å². The maximum absolute atomic E-state index is 12.8. The molecule has 3 nitrogen and oxygen atoms in total. The van der Waals surface area contributed by atoms with E-state index in [0.717, 1.165) is 38.0 Å². The number of allylic oxidation sites excluding steroid dienone is 1. The Morgan fingerprint density at radius 1 is 0.882 bits per heavy atom. The van der Waals surface area contributed by atoms with E-state index in [-0.39, 0.29) is 22.2 Å². The van der Waals surface area contributed by atoms with Crippen molar-refractivity contribution in [2.24, 2.45) is 56.7 Å². The molecule has 0 aromatic carbocycles. The summed E-state index contributed by atoms with van der Waals surface area (Å²) >= 11 is 2.14. The molecule has 0 amide bonds. The highest BCUT2D eigenvalue weighted by Crippen LogP contribution is 2.77. The second-order valence-electron chi connectivity index (χ2n) is 14.6. The molecule has 192 valence electrons. The predicted molar refractivity (Wildman–Crippen MR) is 145 cm³/mol. The van der Waals surface area contributed by atoms with Crippen LogP contribution in [0.15, 0.2) is 12.2 Å². The molecule has 0 aromatic rings. The summed E-state index contributed by atoms with van der Waals surface area (Å²) in [4.78, 5) is 12.8. The van der Waals surface area contributed by atoms with Gasteiger partial charge in [-0.25, -0.2) is 0 Å². The van der Waals surface area contributed by atoms with Gasteiger partial charge in [-0.15, -0.1) is 0 Å². The molecule has 4 heteroatoms. The van der Waals surface area contributed by atoms with E-state index < -0.39 is 11.4 Å². The zero-order valence-electron chi connectivity index (χ0n) is 22.4. The fourth-order valence-corrected chi connectivity index (χ4v) is 12.6. The summed E-state index contributed by atoms with van der Waals surface area (Å²) in [6.07, 6.45) is 11.6. The topological polar surface area (TPSA) is 46.5 Å². The summed E-state index contributed by atoms with van der Waals surface area (Å²) in [6.45, 7) is 19.3. The molecule has 5 aliphatic carbocycles. The van der Waals surface area contributed by atoms with E-state index in [0.29, 0.717) is 29.3 Å². The molecule has 0 spiro atoms. The van der Waals surface area contributed by atoms with Gasteiger partial charge in [0.2, 0.25) is 0 Å². The van der Waals surface area contributed by atoms with Crippen LogP contribution in [0.2, 0.25) is 0 Å². The van der Waals surface area contributed by atoms with E-state index in [4.69, 9.17) is 3.07 Å². The summed E-state index contributed by atoms with van der Waals surface area (Å²) in [5.41, 5.74) is 1.75. The van der Waals surface area contributed by atoms with Gasteiger partial charge in [0.1, 0.15) is 23.0 Å². The van der Waals surface area contributed by atoms with Crippen LogP contribution < -0.4 is 0 Å². The van der Waals surface area contributed by atoms with Gasteiger partial charge in [0.15, 0.2) is 0 Å². The lowest BCUT2D eigenvalue weighted by Gasteiger charge is -2.72. The largest absolute Gasteiger partial charge is 0.481 e. The first kappa shape index (κ1) is 25.5.